The van der Waals surface area contributed by atoms with Gasteiger partial charge in [-0.15, -0.1) is 0 Å². The quantitative estimate of drug-likeness (QED) is 0.509. The Bertz CT molecular complexity index is 1010. The molecule has 3 amide bonds. The molecule has 1 aliphatic carbocycles. The number of carboxylic acid groups (broad SMARTS) is 1. The molecule has 0 radical (unpaired) electrons. The van der Waals surface area contributed by atoms with Gasteiger partial charge in [0.05, 0.1) is 0 Å². The van der Waals surface area contributed by atoms with Crippen LogP contribution in [0.25, 0.3) is 11.1 Å². The summed E-state index contributed by atoms with van der Waals surface area (Å²) in [7, 11) is 0. The second-order valence-corrected chi connectivity index (χ2v) is 7.40. The summed E-state index contributed by atoms with van der Waals surface area (Å²) in [6.07, 6.45) is -0.0245. The maximum Gasteiger partial charge on any atom is 0.426 e. The first kappa shape index (κ1) is 20.4. The zero-order valence-corrected chi connectivity index (χ0v) is 16.5. The summed E-state index contributed by atoms with van der Waals surface area (Å²) in [6, 6.07) is 14.9. The zero-order chi connectivity index (χ0) is 22.0. The number of carbonyl (C=O) groups is 4. The molecule has 2 aliphatic rings. The second-order valence-electron chi connectivity index (χ2n) is 7.40. The van der Waals surface area contributed by atoms with E-state index >= 15 is 0 Å². The van der Waals surface area contributed by atoms with Gasteiger partial charge in [-0.25, -0.2) is 15.0 Å². The first-order valence-electron chi connectivity index (χ1n) is 9.92. The SMILES string of the molecule is O=C(NNC(=O)[C@H]1CCCN1C(=O)C(=O)O)OCC1c2ccccc2-c2ccccc21. The minimum Gasteiger partial charge on any atom is -0.474 e. The molecule has 0 saturated carbocycles. The number of rotatable bonds is 3. The van der Waals surface area contributed by atoms with Crippen molar-refractivity contribution < 1.29 is 29.0 Å². The Hall–Kier alpha value is -3.88. The van der Waals surface area contributed by atoms with Crippen molar-refractivity contribution in [1.29, 1.82) is 0 Å². The third kappa shape index (κ3) is 3.94. The molecule has 0 spiro atoms. The lowest BCUT2D eigenvalue weighted by Gasteiger charge is -2.22. The van der Waals surface area contributed by atoms with Crippen molar-refractivity contribution in [1.82, 2.24) is 15.8 Å². The predicted molar refractivity (Wildman–Crippen MR) is 109 cm³/mol. The molecule has 160 valence electrons. The number of aliphatic carboxylic acids is 1. The van der Waals surface area contributed by atoms with E-state index in [0.29, 0.717) is 12.8 Å². The molecule has 9 heteroatoms. The van der Waals surface area contributed by atoms with Gasteiger partial charge in [0.2, 0.25) is 0 Å². The van der Waals surface area contributed by atoms with Crippen LogP contribution in [-0.4, -0.2) is 53.1 Å². The van der Waals surface area contributed by atoms with Gasteiger partial charge in [0.15, 0.2) is 0 Å². The summed E-state index contributed by atoms with van der Waals surface area (Å²) in [5.41, 5.74) is 8.72. The summed E-state index contributed by atoms with van der Waals surface area (Å²) in [5, 5.41) is 8.86. The van der Waals surface area contributed by atoms with Crippen molar-refractivity contribution in [2.24, 2.45) is 0 Å². The fraction of sp³-hybridized carbons (Fsp3) is 0.273. The fourth-order valence-electron chi connectivity index (χ4n) is 4.24. The normalized spacial score (nSPS) is 16.9. The lowest BCUT2D eigenvalue weighted by molar-refractivity contribution is -0.157. The van der Waals surface area contributed by atoms with Crippen LogP contribution in [0.4, 0.5) is 4.79 Å². The molecule has 9 nitrogen and oxygen atoms in total. The summed E-state index contributed by atoms with van der Waals surface area (Å²) in [6.45, 7) is 0.261. The van der Waals surface area contributed by atoms with Crippen LogP contribution in [0.5, 0.6) is 0 Å². The molecule has 2 aromatic rings. The molecule has 0 aromatic heterocycles. The Kier molecular flexibility index (Phi) is 5.57. The van der Waals surface area contributed by atoms with Gasteiger partial charge >= 0.3 is 18.0 Å². The van der Waals surface area contributed by atoms with Crippen molar-refractivity contribution in [3.05, 3.63) is 59.7 Å². The number of carboxylic acids is 1. The summed E-state index contributed by atoms with van der Waals surface area (Å²) >= 11 is 0. The molecule has 1 saturated heterocycles. The van der Waals surface area contributed by atoms with E-state index in [-0.39, 0.29) is 19.1 Å². The van der Waals surface area contributed by atoms with E-state index < -0.39 is 29.9 Å². The molecule has 1 fully saturated rings. The predicted octanol–water partition coefficient (Wildman–Crippen LogP) is 1.63. The molecule has 1 atom stereocenters. The van der Waals surface area contributed by atoms with Gasteiger partial charge < -0.3 is 14.7 Å². The van der Waals surface area contributed by atoms with Crippen molar-refractivity contribution in [2.75, 3.05) is 13.2 Å². The van der Waals surface area contributed by atoms with E-state index in [0.717, 1.165) is 27.2 Å². The van der Waals surface area contributed by atoms with Gasteiger partial charge in [-0.2, -0.15) is 0 Å². The minimum absolute atomic E-state index is 0.0861. The molecule has 2 aromatic carbocycles. The largest absolute Gasteiger partial charge is 0.474 e. The Balaban J connectivity index is 1.34. The van der Waals surface area contributed by atoms with Gasteiger partial charge in [0.25, 0.3) is 5.91 Å². The molecule has 31 heavy (non-hydrogen) atoms. The smallest absolute Gasteiger partial charge is 0.426 e. The topological polar surface area (TPSA) is 125 Å². The van der Waals surface area contributed by atoms with E-state index in [4.69, 9.17) is 9.84 Å². The average molecular weight is 423 g/mol. The lowest BCUT2D eigenvalue weighted by Crippen LogP contribution is -2.52. The number of hydrazine groups is 1. The number of ether oxygens (including phenoxy) is 1. The van der Waals surface area contributed by atoms with E-state index in [9.17, 15) is 19.2 Å². The Labute approximate surface area is 178 Å². The maximum absolute atomic E-state index is 12.3. The second kappa shape index (κ2) is 8.47. The molecule has 0 unspecified atom stereocenters. The number of nitrogens with one attached hydrogen (secondary N) is 2. The number of amides is 3. The molecular formula is C22H21N3O6. The first-order valence-corrected chi connectivity index (χ1v) is 9.92. The molecule has 4 rings (SSSR count). The van der Waals surface area contributed by atoms with Crippen molar-refractivity contribution in [3.8, 4) is 11.1 Å². The minimum atomic E-state index is -1.62. The van der Waals surface area contributed by atoms with Crippen LogP contribution in [0.1, 0.15) is 29.9 Å². The number of hydrogen-bond donors (Lipinski definition) is 3. The van der Waals surface area contributed by atoms with Crippen LogP contribution in [0.3, 0.4) is 0 Å². The van der Waals surface area contributed by atoms with Crippen molar-refractivity contribution in [2.45, 2.75) is 24.8 Å². The molecular weight excluding hydrogens is 402 g/mol. The third-order valence-electron chi connectivity index (χ3n) is 5.63. The number of fused-ring (bicyclic) bond motifs is 3. The van der Waals surface area contributed by atoms with Crippen LogP contribution >= 0.6 is 0 Å². The first-order chi connectivity index (χ1) is 15.0. The standard InChI is InChI=1S/C22H21N3O6/c26-19(18-10-5-11-25(18)20(27)21(28)29)23-24-22(30)31-12-17-15-8-3-1-6-13(15)14-7-2-4-9-16(14)17/h1-4,6-9,17-18H,5,10-12H2,(H,23,26)(H,24,30)(H,28,29)/t18-/m1/s1. The van der Waals surface area contributed by atoms with Gasteiger partial charge in [0, 0.05) is 12.5 Å². The number of nitrogens with zero attached hydrogens (tertiary/aromatic N) is 1. The van der Waals surface area contributed by atoms with E-state index in [1.807, 2.05) is 48.5 Å². The highest BCUT2D eigenvalue weighted by Crippen LogP contribution is 2.44. The molecule has 3 N–H and O–H groups in total. The fourth-order valence-corrected chi connectivity index (χ4v) is 4.24. The van der Waals surface area contributed by atoms with Crippen molar-refractivity contribution in [3.63, 3.8) is 0 Å². The van der Waals surface area contributed by atoms with Crippen LogP contribution in [-0.2, 0) is 19.1 Å². The van der Waals surface area contributed by atoms with Gasteiger partial charge in [-0.05, 0) is 35.1 Å². The van der Waals surface area contributed by atoms with Gasteiger partial charge in [0.1, 0.15) is 12.6 Å². The summed E-state index contributed by atoms with van der Waals surface area (Å²) in [4.78, 5) is 48.0. The summed E-state index contributed by atoms with van der Waals surface area (Å²) < 4.78 is 5.33. The van der Waals surface area contributed by atoms with E-state index in [1.165, 1.54) is 0 Å². The van der Waals surface area contributed by atoms with Crippen molar-refractivity contribution >= 4 is 23.9 Å². The maximum atomic E-state index is 12.3. The van der Waals surface area contributed by atoms with Crippen LogP contribution in [0.2, 0.25) is 0 Å². The number of carbonyl (C=O) groups excluding carboxylic acids is 3. The Morgan fingerprint density at radius 1 is 0.968 bits per heavy atom. The Morgan fingerprint density at radius 3 is 2.19 bits per heavy atom. The summed E-state index contributed by atoms with van der Waals surface area (Å²) in [5.74, 6) is -3.55. The number of hydrogen-bond acceptors (Lipinski definition) is 5. The zero-order valence-electron chi connectivity index (χ0n) is 16.5. The van der Waals surface area contributed by atoms with E-state index in [2.05, 4.69) is 10.9 Å². The highest BCUT2D eigenvalue weighted by atomic mass is 16.6. The lowest BCUT2D eigenvalue weighted by atomic mass is 9.98. The van der Waals surface area contributed by atoms with Crippen LogP contribution in [0, 0.1) is 0 Å². The van der Waals surface area contributed by atoms with E-state index in [1.54, 1.807) is 0 Å². The highest BCUT2D eigenvalue weighted by Gasteiger charge is 2.37. The molecule has 1 heterocycles. The number of benzene rings is 2. The number of likely N-dealkylation sites (tertiary alicyclic amines) is 1. The molecule has 0 bridgehead atoms. The van der Waals surface area contributed by atoms with Crippen LogP contribution in [0.15, 0.2) is 48.5 Å². The monoisotopic (exact) mass is 423 g/mol. The molecule has 1 aliphatic heterocycles. The highest BCUT2D eigenvalue weighted by molar-refractivity contribution is 6.32. The van der Waals surface area contributed by atoms with Gasteiger partial charge in [-0.3, -0.25) is 15.0 Å². The third-order valence-corrected chi connectivity index (χ3v) is 5.63. The average Bonchev–Trinajstić information content (AvgIpc) is 3.39. The van der Waals surface area contributed by atoms with Crippen LogP contribution < -0.4 is 10.9 Å². The van der Waals surface area contributed by atoms with Gasteiger partial charge in [-0.1, -0.05) is 48.5 Å². The Morgan fingerprint density at radius 2 is 1.58 bits per heavy atom.